The van der Waals surface area contributed by atoms with E-state index >= 15 is 0 Å². The second-order valence-corrected chi connectivity index (χ2v) is 9.67. The number of allylic oxidation sites excluding steroid dienone is 2. The van der Waals surface area contributed by atoms with Gasteiger partial charge >= 0.3 is 0 Å². The van der Waals surface area contributed by atoms with Gasteiger partial charge in [0.05, 0.1) is 17.8 Å². The van der Waals surface area contributed by atoms with Gasteiger partial charge in [0.1, 0.15) is 0 Å². The second-order valence-electron chi connectivity index (χ2n) is 9.67. The molecule has 0 spiro atoms. The highest BCUT2D eigenvalue weighted by molar-refractivity contribution is 5.34. The largest absolute Gasteiger partial charge is 0.382 e. The molecule has 0 aromatic carbocycles. The van der Waals surface area contributed by atoms with Crippen molar-refractivity contribution in [2.75, 3.05) is 0 Å². The van der Waals surface area contributed by atoms with E-state index in [1.165, 1.54) is 0 Å². The normalized spacial score (nSPS) is 34.8. The molecular formula is C21H34O3. The Bertz CT molecular complexity index is 526. The van der Waals surface area contributed by atoms with Crippen LogP contribution in [0.5, 0.6) is 0 Å². The summed E-state index contributed by atoms with van der Waals surface area (Å²) >= 11 is 0. The predicted molar refractivity (Wildman–Crippen MR) is 98.7 cm³/mol. The van der Waals surface area contributed by atoms with Gasteiger partial charge in [-0.15, -0.1) is 0 Å². The van der Waals surface area contributed by atoms with Crippen LogP contribution in [0.2, 0.25) is 0 Å². The van der Waals surface area contributed by atoms with Crippen LogP contribution in [0, 0.1) is 10.8 Å². The molecule has 24 heavy (non-hydrogen) atoms. The molecule has 3 nitrogen and oxygen atoms in total. The molecule has 0 bridgehead atoms. The minimum atomic E-state index is -0.929. The lowest BCUT2D eigenvalue weighted by Crippen LogP contribution is -2.45. The second kappa shape index (κ2) is 6.78. The van der Waals surface area contributed by atoms with Crippen LogP contribution in [0.4, 0.5) is 0 Å². The van der Waals surface area contributed by atoms with E-state index in [0.29, 0.717) is 0 Å². The average molecular weight is 335 g/mol. The van der Waals surface area contributed by atoms with E-state index in [-0.39, 0.29) is 29.3 Å². The van der Waals surface area contributed by atoms with Crippen molar-refractivity contribution in [3.05, 3.63) is 36.0 Å². The maximum absolute atomic E-state index is 10.2. The van der Waals surface area contributed by atoms with E-state index in [1.807, 2.05) is 18.2 Å². The SMILES string of the molecule is CC1(O)C=CC=C(C2OC(CC(C)(C)C)CC(C(C)(C)C)O2)C=C1. The molecule has 1 heterocycles. The first-order valence-corrected chi connectivity index (χ1v) is 8.98. The zero-order valence-corrected chi connectivity index (χ0v) is 16.3. The lowest BCUT2D eigenvalue weighted by atomic mass is 9.81. The zero-order chi connectivity index (χ0) is 18.2. The number of hydrogen-bond donors (Lipinski definition) is 1. The molecule has 1 saturated heterocycles. The van der Waals surface area contributed by atoms with Crippen LogP contribution >= 0.6 is 0 Å². The first kappa shape index (κ1) is 19.4. The summed E-state index contributed by atoms with van der Waals surface area (Å²) in [6, 6.07) is 0. The van der Waals surface area contributed by atoms with Crippen molar-refractivity contribution >= 4 is 0 Å². The monoisotopic (exact) mass is 334 g/mol. The first-order valence-electron chi connectivity index (χ1n) is 8.98. The fourth-order valence-corrected chi connectivity index (χ4v) is 3.12. The number of hydrogen-bond acceptors (Lipinski definition) is 3. The quantitative estimate of drug-likeness (QED) is 0.790. The summed E-state index contributed by atoms with van der Waals surface area (Å²) in [6.07, 6.45) is 11.2. The summed E-state index contributed by atoms with van der Waals surface area (Å²) in [7, 11) is 0. The van der Waals surface area contributed by atoms with E-state index in [0.717, 1.165) is 18.4 Å². The van der Waals surface area contributed by atoms with Gasteiger partial charge in [-0.3, -0.25) is 0 Å². The minimum absolute atomic E-state index is 0.0640. The van der Waals surface area contributed by atoms with Crippen LogP contribution in [0.1, 0.15) is 61.3 Å². The maximum Gasteiger partial charge on any atom is 0.184 e. The third-order valence-electron chi connectivity index (χ3n) is 4.49. The van der Waals surface area contributed by atoms with Crippen molar-refractivity contribution in [2.45, 2.75) is 85.4 Å². The van der Waals surface area contributed by atoms with E-state index < -0.39 is 5.60 Å². The number of aliphatic hydroxyl groups is 1. The molecule has 1 aliphatic carbocycles. The summed E-state index contributed by atoms with van der Waals surface area (Å²) in [5.41, 5.74) is 0.305. The molecule has 1 aliphatic heterocycles. The van der Waals surface area contributed by atoms with Crippen LogP contribution in [0.25, 0.3) is 0 Å². The van der Waals surface area contributed by atoms with E-state index in [9.17, 15) is 5.11 Å². The Balaban J connectivity index is 2.22. The van der Waals surface area contributed by atoms with Crippen molar-refractivity contribution in [2.24, 2.45) is 10.8 Å². The fourth-order valence-electron chi connectivity index (χ4n) is 3.12. The molecule has 4 unspecified atom stereocenters. The van der Waals surface area contributed by atoms with Gasteiger partial charge in [-0.2, -0.15) is 0 Å². The van der Waals surface area contributed by atoms with Gasteiger partial charge in [0.15, 0.2) is 6.29 Å². The summed E-state index contributed by atoms with van der Waals surface area (Å²) in [6.45, 7) is 15.2. The molecular weight excluding hydrogens is 300 g/mol. The number of rotatable bonds is 2. The van der Waals surface area contributed by atoms with Gasteiger partial charge in [-0.1, -0.05) is 59.8 Å². The third-order valence-corrected chi connectivity index (χ3v) is 4.49. The molecule has 2 rings (SSSR count). The molecule has 0 saturated carbocycles. The summed E-state index contributed by atoms with van der Waals surface area (Å²) in [4.78, 5) is 0. The van der Waals surface area contributed by atoms with Crippen LogP contribution in [0.3, 0.4) is 0 Å². The molecule has 3 heteroatoms. The number of ether oxygens (including phenoxy) is 2. The Morgan fingerprint density at radius 2 is 1.79 bits per heavy atom. The topological polar surface area (TPSA) is 38.7 Å². The Morgan fingerprint density at radius 1 is 1.12 bits per heavy atom. The highest BCUT2D eigenvalue weighted by Crippen LogP contribution is 2.38. The van der Waals surface area contributed by atoms with Gasteiger partial charge in [-0.05, 0) is 36.3 Å². The Labute approximate surface area is 147 Å². The molecule has 136 valence electrons. The summed E-state index contributed by atoms with van der Waals surface area (Å²) < 4.78 is 12.6. The molecule has 1 fully saturated rings. The Kier molecular flexibility index (Phi) is 5.49. The Hall–Kier alpha value is -0.900. The summed E-state index contributed by atoms with van der Waals surface area (Å²) in [5, 5.41) is 10.2. The molecule has 0 aromatic rings. The molecule has 0 amide bonds. The Morgan fingerprint density at radius 3 is 2.38 bits per heavy atom. The van der Waals surface area contributed by atoms with Gasteiger partial charge in [0.25, 0.3) is 0 Å². The fraction of sp³-hybridized carbons (Fsp3) is 0.714. The predicted octanol–water partition coefficient (Wildman–Crippen LogP) is 4.77. The van der Waals surface area contributed by atoms with Gasteiger partial charge in [-0.25, -0.2) is 0 Å². The van der Waals surface area contributed by atoms with Crippen LogP contribution in [0.15, 0.2) is 36.0 Å². The molecule has 4 atom stereocenters. The highest BCUT2D eigenvalue weighted by Gasteiger charge is 2.39. The van der Waals surface area contributed by atoms with Crippen molar-refractivity contribution in [3.63, 3.8) is 0 Å². The van der Waals surface area contributed by atoms with Crippen molar-refractivity contribution < 1.29 is 14.6 Å². The smallest absolute Gasteiger partial charge is 0.184 e. The standard InChI is InChI=1S/C21H34O3/c1-19(2,3)14-16-13-17(20(4,5)6)24-18(23-16)15-9-8-11-21(7,22)12-10-15/h8-12,16-18,22H,13-14H2,1-7H3. The van der Waals surface area contributed by atoms with Crippen molar-refractivity contribution in [1.29, 1.82) is 0 Å². The van der Waals surface area contributed by atoms with E-state index in [1.54, 1.807) is 19.1 Å². The van der Waals surface area contributed by atoms with Crippen molar-refractivity contribution in [3.8, 4) is 0 Å². The first-order chi connectivity index (χ1) is 10.9. The highest BCUT2D eigenvalue weighted by atomic mass is 16.7. The molecule has 0 radical (unpaired) electrons. The van der Waals surface area contributed by atoms with Crippen LogP contribution in [-0.4, -0.2) is 29.2 Å². The van der Waals surface area contributed by atoms with Gasteiger partial charge in [0, 0.05) is 12.0 Å². The van der Waals surface area contributed by atoms with Crippen molar-refractivity contribution in [1.82, 2.24) is 0 Å². The third kappa shape index (κ3) is 5.58. The van der Waals surface area contributed by atoms with E-state index in [2.05, 4.69) is 41.5 Å². The molecule has 0 aromatic heterocycles. The van der Waals surface area contributed by atoms with Crippen LogP contribution in [-0.2, 0) is 9.47 Å². The lowest BCUT2D eigenvalue weighted by Gasteiger charge is -2.43. The maximum atomic E-state index is 10.2. The molecule has 1 N–H and O–H groups in total. The van der Waals surface area contributed by atoms with E-state index in [4.69, 9.17) is 9.47 Å². The average Bonchev–Trinajstić information content (AvgIpc) is 2.56. The zero-order valence-electron chi connectivity index (χ0n) is 16.3. The summed E-state index contributed by atoms with van der Waals surface area (Å²) in [5.74, 6) is 0. The minimum Gasteiger partial charge on any atom is -0.382 e. The van der Waals surface area contributed by atoms with Gasteiger partial charge < -0.3 is 14.6 Å². The van der Waals surface area contributed by atoms with Crippen LogP contribution < -0.4 is 0 Å². The molecule has 2 aliphatic rings. The van der Waals surface area contributed by atoms with Gasteiger partial charge in [0.2, 0.25) is 0 Å². The lowest BCUT2D eigenvalue weighted by molar-refractivity contribution is -0.248.